The summed E-state index contributed by atoms with van der Waals surface area (Å²) >= 11 is 7.83. The molecule has 1 heterocycles. The smallest absolute Gasteiger partial charge is 0.215 e. The van der Waals surface area contributed by atoms with Crippen LogP contribution in [-0.2, 0) is 0 Å². The number of aromatic nitrogens is 1. The highest BCUT2D eigenvalue weighted by atomic mass is 35.5. The summed E-state index contributed by atoms with van der Waals surface area (Å²) in [6.45, 7) is 7.30. The zero-order valence-corrected chi connectivity index (χ0v) is 26.5. The molecule has 3 fully saturated rings. The van der Waals surface area contributed by atoms with Crippen LogP contribution in [0, 0.1) is 34.5 Å². The molecule has 4 nitrogen and oxygen atoms in total. The van der Waals surface area contributed by atoms with Gasteiger partial charge in [0.1, 0.15) is 0 Å². The average Bonchev–Trinajstić information content (AvgIpc) is 3.58. The predicted octanol–water partition coefficient (Wildman–Crippen LogP) is 9.08. The van der Waals surface area contributed by atoms with Gasteiger partial charge in [0, 0.05) is 27.7 Å². The zero-order chi connectivity index (χ0) is 29.1. The number of aliphatic hydroxyl groups is 1. The van der Waals surface area contributed by atoms with E-state index in [1.807, 2.05) is 18.2 Å². The molecule has 4 aliphatic carbocycles. The molecule has 1 N–H and O–H groups in total. The molecule has 0 radical (unpaired) electrons. The Balaban J connectivity index is 1.20. The van der Waals surface area contributed by atoms with Crippen molar-refractivity contribution in [1.82, 2.24) is 4.57 Å². The molecule has 1 aromatic heterocycles. The lowest BCUT2D eigenvalue weighted by Crippen LogP contribution is -2.50. The summed E-state index contributed by atoms with van der Waals surface area (Å²) in [7, 11) is 0. The van der Waals surface area contributed by atoms with Crippen molar-refractivity contribution < 1.29 is 5.11 Å². The fourth-order valence-electron chi connectivity index (χ4n) is 9.55. The van der Waals surface area contributed by atoms with E-state index >= 15 is 0 Å². The number of hydrogen-bond donors (Lipinski definition) is 1. The molecule has 2 aromatic carbocycles. The summed E-state index contributed by atoms with van der Waals surface area (Å²) in [5.74, 6) is 2.72. The molecule has 0 spiro atoms. The normalized spacial score (nSPS) is 34.9. The van der Waals surface area contributed by atoms with Gasteiger partial charge in [-0.05, 0) is 117 Å². The van der Waals surface area contributed by atoms with Crippen LogP contribution in [0.1, 0.15) is 72.1 Å². The van der Waals surface area contributed by atoms with Crippen molar-refractivity contribution in [3.63, 3.8) is 0 Å². The van der Waals surface area contributed by atoms with E-state index in [0.717, 1.165) is 63.8 Å². The van der Waals surface area contributed by atoms with Gasteiger partial charge in [-0.1, -0.05) is 67.4 Å². The Hall–Kier alpha value is -2.47. The van der Waals surface area contributed by atoms with Crippen LogP contribution < -0.4 is 4.80 Å². The number of hydrogen-bond acceptors (Lipinski definition) is 4. The van der Waals surface area contributed by atoms with E-state index in [2.05, 4.69) is 73.2 Å². The minimum atomic E-state index is -0.139. The third-order valence-corrected chi connectivity index (χ3v) is 12.8. The van der Waals surface area contributed by atoms with E-state index in [-0.39, 0.29) is 16.9 Å². The third-order valence-electron chi connectivity index (χ3n) is 11.7. The fraction of sp³-hybridized carbons (Fsp3) is 0.500. The number of allylic oxidation sites excluding steroid dienone is 1. The lowest BCUT2D eigenvalue weighted by atomic mass is 9.47. The number of fused-ring (bicyclic) bond motifs is 5. The molecule has 42 heavy (non-hydrogen) atoms. The maximum atomic E-state index is 10.4. The number of benzene rings is 2. The van der Waals surface area contributed by atoms with Gasteiger partial charge in [0.25, 0.3) is 0 Å². The zero-order valence-electron chi connectivity index (χ0n) is 25.0. The molecule has 0 bridgehead atoms. The van der Waals surface area contributed by atoms with E-state index < -0.39 is 0 Å². The molecule has 4 aliphatic rings. The lowest BCUT2D eigenvalue weighted by Gasteiger charge is -2.58. The molecule has 0 saturated heterocycles. The van der Waals surface area contributed by atoms with Gasteiger partial charge in [-0.3, -0.25) is 4.57 Å². The van der Waals surface area contributed by atoms with Crippen LogP contribution in [0.25, 0.3) is 16.9 Å². The maximum absolute atomic E-state index is 10.4. The van der Waals surface area contributed by atoms with Crippen molar-refractivity contribution in [3.8, 4) is 16.9 Å². The molecule has 6 heteroatoms. The van der Waals surface area contributed by atoms with E-state index in [9.17, 15) is 5.11 Å². The molecule has 220 valence electrons. The number of aliphatic hydroxyl groups excluding tert-OH is 1. The molecule has 7 rings (SSSR count). The first kappa shape index (κ1) is 28.3. The van der Waals surface area contributed by atoms with Crippen LogP contribution >= 0.6 is 22.9 Å². The van der Waals surface area contributed by atoms with Gasteiger partial charge in [0.2, 0.25) is 4.80 Å². The highest BCUT2D eigenvalue weighted by Gasteiger charge is 2.59. The second kappa shape index (κ2) is 10.9. The molecular formula is C36H42ClN3OS. The Morgan fingerprint density at radius 1 is 0.976 bits per heavy atom. The van der Waals surface area contributed by atoms with Crippen LogP contribution in [0.3, 0.4) is 0 Å². The van der Waals surface area contributed by atoms with Crippen LogP contribution in [0.15, 0.2) is 81.8 Å². The molecular weight excluding hydrogens is 558 g/mol. The van der Waals surface area contributed by atoms with Gasteiger partial charge in [-0.2, -0.15) is 5.10 Å². The van der Waals surface area contributed by atoms with E-state index in [1.54, 1.807) is 16.9 Å². The average molecular weight is 600 g/mol. The summed E-state index contributed by atoms with van der Waals surface area (Å²) in [5, 5.41) is 23.2. The Morgan fingerprint density at radius 2 is 1.76 bits per heavy atom. The Labute approximate surface area is 258 Å². The first-order valence-electron chi connectivity index (χ1n) is 15.8. The topological polar surface area (TPSA) is 49.9 Å². The van der Waals surface area contributed by atoms with E-state index in [4.69, 9.17) is 21.8 Å². The number of para-hydroxylation sites is 1. The highest BCUT2D eigenvalue weighted by Crippen LogP contribution is 2.66. The van der Waals surface area contributed by atoms with Gasteiger partial charge in [0.05, 0.1) is 11.8 Å². The number of halogens is 1. The summed E-state index contributed by atoms with van der Waals surface area (Å²) < 4.78 is 2.21. The summed E-state index contributed by atoms with van der Waals surface area (Å²) in [6.07, 6.45) is 11.7. The monoisotopic (exact) mass is 599 g/mol. The number of thiazole rings is 1. The standard InChI is InChI=1S/C36H42ClN3OS/c1-23(38-39-34-40(27-7-5-4-6-8-27)33(22-42-34)24-9-12-26(37)13-10-24)30-15-16-31-29-14-11-25-21-28(41)17-19-35(25,2)32(29)18-20-36(30,31)3/h4-13,22,28-32,41H,14-21H2,1-3H3/b38-23+,39-34+/t28-,29-,30+,31-,32-,35-,36+/m0/s1. The second-order valence-electron chi connectivity index (χ2n) is 13.8. The predicted molar refractivity (Wildman–Crippen MR) is 174 cm³/mol. The van der Waals surface area contributed by atoms with Crippen LogP contribution in [0.2, 0.25) is 5.02 Å². The van der Waals surface area contributed by atoms with Crippen molar-refractivity contribution in [2.75, 3.05) is 0 Å². The largest absolute Gasteiger partial charge is 0.393 e. The van der Waals surface area contributed by atoms with Gasteiger partial charge in [-0.15, -0.1) is 16.4 Å². The van der Waals surface area contributed by atoms with E-state index in [0.29, 0.717) is 5.92 Å². The minimum absolute atomic E-state index is 0.139. The van der Waals surface area contributed by atoms with Crippen molar-refractivity contribution >= 4 is 28.6 Å². The molecule has 7 atom stereocenters. The Morgan fingerprint density at radius 3 is 2.55 bits per heavy atom. The quantitative estimate of drug-likeness (QED) is 0.181. The van der Waals surface area contributed by atoms with Crippen molar-refractivity contribution in [2.45, 2.75) is 78.2 Å². The molecule has 0 aliphatic heterocycles. The first-order valence-corrected chi connectivity index (χ1v) is 17.0. The molecule has 3 aromatic rings. The maximum Gasteiger partial charge on any atom is 0.215 e. The first-order chi connectivity index (χ1) is 20.3. The van der Waals surface area contributed by atoms with Crippen LogP contribution in [0.4, 0.5) is 0 Å². The van der Waals surface area contributed by atoms with Crippen molar-refractivity contribution in [1.29, 1.82) is 0 Å². The molecule has 0 amide bonds. The number of nitrogens with zero attached hydrogens (tertiary/aromatic N) is 3. The van der Waals surface area contributed by atoms with Gasteiger partial charge >= 0.3 is 0 Å². The Bertz CT molecular complexity index is 1590. The summed E-state index contributed by atoms with van der Waals surface area (Å²) in [6, 6.07) is 18.4. The van der Waals surface area contributed by atoms with Gasteiger partial charge < -0.3 is 5.11 Å². The van der Waals surface area contributed by atoms with Crippen molar-refractivity contribution in [2.24, 2.45) is 44.7 Å². The fourth-order valence-corrected chi connectivity index (χ4v) is 10.5. The highest BCUT2D eigenvalue weighted by molar-refractivity contribution is 7.07. The second-order valence-corrected chi connectivity index (χ2v) is 15.0. The van der Waals surface area contributed by atoms with Crippen molar-refractivity contribution in [3.05, 3.63) is 81.5 Å². The van der Waals surface area contributed by atoms with Crippen LogP contribution in [-0.4, -0.2) is 21.5 Å². The molecule has 0 unspecified atom stereocenters. The third kappa shape index (κ3) is 4.67. The Kier molecular flexibility index (Phi) is 7.35. The van der Waals surface area contributed by atoms with Gasteiger partial charge in [-0.25, -0.2) is 0 Å². The van der Waals surface area contributed by atoms with E-state index in [1.165, 1.54) is 37.8 Å². The number of rotatable bonds is 4. The van der Waals surface area contributed by atoms with Crippen LogP contribution in [0.5, 0.6) is 0 Å². The minimum Gasteiger partial charge on any atom is -0.393 e. The SMILES string of the molecule is C/C(=N\N=c1\scc(-c2ccc(Cl)cc2)n1-c1ccccc1)[C@H]1CC[C@H]2[C@@H]3CC=C4C[C@@H](O)CC[C@]4(C)[C@H]3CC[C@]12C. The summed E-state index contributed by atoms with van der Waals surface area (Å²) in [5.41, 5.74) is 6.57. The molecule has 3 saturated carbocycles. The van der Waals surface area contributed by atoms with Gasteiger partial charge in [0.15, 0.2) is 0 Å². The lowest BCUT2D eigenvalue weighted by molar-refractivity contribution is -0.0423. The summed E-state index contributed by atoms with van der Waals surface area (Å²) in [4.78, 5) is 0.881.